The third-order valence-electron chi connectivity index (χ3n) is 5.91. The molecule has 1 amide bonds. The lowest BCUT2D eigenvalue weighted by Crippen LogP contribution is -2.23. The summed E-state index contributed by atoms with van der Waals surface area (Å²) in [5, 5.41) is 7.58. The normalized spacial score (nSPS) is 16.4. The minimum absolute atomic E-state index is 0.141. The van der Waals surface area contributed by atoms with Crippen molar-refractivity contribution in [2.75, 3.05) is 19.8 Å². The fourth-order valence-corrected chi connectivity index (χ4v) is 4.36. The van der Waals surface area contributed by atoms with E-state index >= 15 is 0 Å². The molecule has 0 radical (unpaired) electrons. The average molecular weight is 464 g/mol. The minimum atomic E-state index is -0.215. The van der Waals surface area contributed by atoms with E-state index in [1.54, 1.807) is 17.9 Å². The number of hydrogen-bond donors (Lipinski definition) is 1. The van der Waals surface area contributed by atoms with Crippen LogP contribution in [0.5, 0.6) is 23.0 Å². The molecular formula is C26H29N3O5. The number of amides is 1. The van der Waals surface area contributed by atoms with Crippen molar-refractivity contribution in [1.82, 2.24) is 15.1 Å². The molecule has 8 nitrogen and oxygen atoms in total. The van der Waals surface area contributed by atoms with Gasteiger partial charge in [-0.1, -0.05) is 0 Å². The topological polar surface area (TPSA) is 83.8 Å². The van der Waals surface area contributed by atoms with Crippen LogP contribution in [0.1, 0.15) is 41.8 Å². The second-order valence-corrected chi connectivity index (χ2v) is 8.59. The molecule has 0 spiro atoms. The van der Waals surface area contributed by atoms with E-state index < -0.39 is 0 Å². The number of aromatic nitrogens is 2. The van der Waals surface area contributed by atoms with Crippen molar-refractivity contribution < 1.29 is 23.7 Å². The molecule has 0 fully saturated rings. The van der Waals surface area contributed by atoms with Gasteiger partial charge in [-0.3, -0.25) is 9.48 Å². The lowest BCUT2D eigenvalue weighted by atomic mass is 10.1. The molecule has 0 saturated carbocycles. The summed E-state index contributed by atoms with van der Waals surface area (Å²) >= 11 is 0. The molecule has 0 bridgehead atoms. The van der Waals surface area contributed by atoms with Gasteiger partial charge in [0.1, 0.15) is 23.3 Å². The number of carbonyl (C=O) groups excluding carboxylic acids is 1. The second kappa shape index (κ2) is 9.29. The van der Waals surface area contributed by atoms with Crippen LogP contribution >= 0.6 is 0 Å². The van der Waals surface area contributed by atoms with Gasteiger partial charge < -0.3 is 24.3 Å². The van der Waals surface area contributed by atoms with E-state index in [-0.39, 0.29) is 12.0 Å². The van der Waals surface area contributed by atoms with Gasteiger partial charge in [0.25, 0.3) is 5.91 Å². The number of benzene rings is 2. The number of hydrogen-bond acceptors (Lipinski definition) is 6. The number of rotatable bonds is 6. The van der Waals surface area contributed by atoms with Crippen LogP contribution in [0.3, 0.4) is 0 Å². The Morgan fingerprint density at radius 1 is 1.18 bits per heavy atom. The molecule has 5 rings (SSSR count). The highest BCUT2D eigenvalue weighted by atomic mass is 16.5. The molecule has 1 unspecified atom stereocenters. The van der Waals surface area contributed by atoms with Crippen LogP contribution in [0, 0.1) is 0 Å². The van der Waals surface area contributed by atoms with Crippen LogP contribution in [0.4, 0.5) is 0 Å². The first-order chi connectivity index (χ1) is 16.5. The molecule has 3 heterocycles. The molecule has 2 aromatic carbocycles. The van der Waals surface area contributed by atoms with Crippen LogP contribution in [-0.2, 0) is 20.0 Å². The highest BCUT2D eigenvalue weighted by Crippen LogP contribution is 2.36. The fourth-order valence-electron chi connectivity index (χ4n) is 4.36. The maximum atomic E-state index is 13.2. The summed E-state index contributed by atoms with van der Waals surface area (Å²) in [4.78, 5) is 13.2. The Morgan fingerprint density at radius 2 is 2.00 bits per heavy atom. The molecule has 178 valence electrons. The number of nitrogens with one attached hydrogen (secondary N) is 1. The van der Waals surface area contributed by atoms with Gasteiger partial charge in [0, 0.05) is 49.3 Å². The first-order valence-corrected chi connectivity index (χ1v) is 11.7. The number of fused-ring (bicyclic) bond motifs is 2. The summed E-state index contributed by atoms with van der Waals surface area (Å²) in [5.41, 5.74) is 3.89. The highest BCUT2D eigenvalue weighted by Gasteiger charge is 2.23. The molecule has 8 heteroatoms. The summed E-state index contributed by atoms with van der Waals surface area (Å²) in [6.45, 7) is 6.08. The van der Waals surface area contributed by atoms with Crippen LogP contribution in [0.2, 0.25) is 0 Å². The quantitative estimate of drug-likeness (QED) is 0.597. The van der Waals surface area contributed by atoms with Gasteiger partial charge in [-0.2, -0.15) is 5.10 Å². The summed E-state index contributed by atoms with van der Waals surface area (Å²) in [5.74, 6) is 2.79. The molecule has 1 N–H and O–H groups in total. The maximum absolute atomic E-state index is 13.2. The Morgan fingerprint density at radius 3 is 2.82 bits per heavy atom. The van der Waals surface area contributed by atoms with Gasteiger partial charge in [-0.15, -0.1) is 0 Å². The zero-order valence-electron chi connectivity index (χ0n) is 19.7. The lowest BCUT2D eigenvalue weighted by molar-refractivity contribution is 0.0951. The zero-order valence-corrected chi connectivity index (χ0v) is 19.7. The Bertz CT molecular complexity index is 1220. The van der Waals surface area contributed by atoms with Gasteiger partial charge in [0.2, 0.25) is 0 Å². The van der Waals surface area contributed by atoms with Crippen molar-refractivity contribution in [2.45, 2.75) is 39.3 Å². The van der Waals surface area contributed by atoms with Gasteiger partial charge in [-0.05, 0) is 44.2 Å². The maximum Gasteiger partial charge on any atom is 0.255 e. The third-order valence-corrected chi connectivity index (χ3v) is 5.91. The van der Waals surface area contributed by atoms with Crippen molar-refractivity contribution in [3.05, 3.63) is 53.2 Å². The van der Waals surface area contributed by atoms with E-state index in [1.807, 2.05) is 44.2 Å². The van der Waals surface area contributed by atoms with Gasteiger partial charge in [0.05, 0.1) is 25.4 Å². The van der Waals surface area contributed by atoms with Crippen molar-refractivity contribution in [3.63, 3.8) is 0 Å². The molecular weight excluding hydrogens is 434 g/mol. The molecule has 3 aromatic rings. The Balaban J connectivity index is 1.38. The Hall–Kier alpha value is -3.68. The fraction of sp³-hybridized carbons (Fsp3) is 0.385. The van der Waals surface area contributed by atoms with E-state index in [1.165, 1.54) is 0 Å². The number of nitrogens with zero attached hydrogens (tertiary/aromatic N) is 2. The van der Waals surface area contributed by atoms with Crippen LogP contribution < -0.4 is 24.3 Å². The van der Waals surface area contributed by atoms with Gasteiger partial charge in [-0.25, -0.2) is 0 Å². The van der Waals surface area contributed by atoms with Crippen molar-refractivity contribution >= 4 is 5.91 Å². The number of carbonyl (C=O) groups is 1. The monoisotopic (exact) mass is 463 g/mol. The summed E-state index contributed by atoms with van der Waals surface area (Å²) in [7, 11) is 1.80. The Labute approximate surface area is 198 Å². The van der Waals surface area contributed by atoms with Gasteiger partial charge >= 0.3 is 0 Å². The smallest absolute Gasteiger partial charge is 0.255 e. The summed E-state index contributed by atoms with van der Waals surface area (Å²) in [6.07, 6.45) is 3.56. The largest absolute Gasteiger partial charge is 0.494 e. The van der Waals surface area contributed by atoms with Crippen LogP contribution in [-0.4, -0.2) is 41.6 Å². The van der Waals surface area contributed by atoms with E-state index in [9.17, 15) is 4.79 Å². The average Bonchev–Trinajstić information content (AvgIpc) is 3.29. The van der Waals surface area contributed by atoms with Crippen molar-refractivity contribution in [1.29, 1.82) is 0 Å². The predicted molar refractivity (Wildman–Crippen MR) is 127 cm³/mol. The zero-order chi connectivity index (χ0) is 23.7. The van der Waals surface area contributed by atoms with Crippen molar-refractivity contribution in [3.8, 4) is 34.3 Å². The molecule has 2 aliphatic heterocycles. The molecule has 0 aliphatic carbocycles. The van der Waals surface area contributed by atoms with E-state index in [4.69, 9.17) is 18.9 Å². The molecule has 1 aromatic heterocycles. The van der Waals surface area contributed by atoms with E-state index in [0.717, 1.165) is 41.0 Å². The minimum Gasteiger partial charge on any atom is -0.494 e. The molecule has 0 saturated heterocycles. The standard InChI is InChI=1S/C26H29N3O5/c1-4-31-22-12-18-10-16(2)34-23(18)13-19(22)14-27-26(30)20-15-29(3)28-25(20)17-6-7-21-24(11-17)33-9-5-8-32-21/h6-7,11-13,15-16H,4-5,8-10,14H2,1-3H3,(H,27,30). The number of aryl methyl sites for hydroxylation is 1. The summed E-state index contributed by atoms with van der Waals surface area (Å²) in [6, 6.07) is 9.65. The van der Waals surface area contributed by atoms with Crippen LogP contribution in [0.15, 0.2) is 36.5 Å². The van der Waals surface area contributed by atoms with E-state index in [0.29, 0.717) is 49.1 Å². The van der Waals surface area contributed by atoms with Crippen molar-refractivity contribution in [2.24, 2.45) is 7.05 Å². The highest BCUT2D eigenvalue weighted by molar-refractivity contribution is 6.00. The predicted octanol–water partition coefficient (Wildman–Crippen LogP) is 3.90. The second-order valence-electron chi connectivity index (χ2n) is 8.59. The summed E-state index contributed by atoms with van der Waals surface area (Å²) < 4.78 is 24.9. The number of ether oxygens (including phenoxy) is 4. The Kier molecular flexibility index (Phi) is 6.04. The van der Waals surface area contributed by atoms with Crippen LogP contribution in [0.25, 0.3) is 11.3 Å². The SMILES string of the molecule is CCOc1cc2c(cc1CNC(=O)c1cn(C)nc1-c1ccc3c(c1)OCCCO3)OC(C)C2. The van der Waals surface area contributed by atoms with Gasteiger partial charge in [0.15, 0.2) is 11.5 Å². The van der Waals surface area contributed by atoms with E-state index in [2.05, 4.69) is 10.4 Å². The molecule has 2 aliphatic rings. The molecule has 34 heavy (non-hydrogen) atoms. The first-order valence-electron chi connectivity index (χ1n) is 11.7. The third kappa shape index (κ3) is 4.40. The first kappa shape index (κ1) is 22.1. The molecule has 1 atom stereocenters. The lowest BCUT2D eigenvalue weighted by Gasteiger charge is -2.13.